The topological polar surface area (TPSA) is 61.9 Å². The predicted octanol–water partition coefficient (Wildman–Crippen LogP) is 13.4. The highest BCUT2D eigenvalue weighted by molar-refractivity contribution is 8.00. The van der Waals surface area contributed by atoms with Gasteiger partial charge in [0.2, 0.25) is 5.91 Å². The molecular weight excluding hydrogens is 970 g/mol. The first kappa shape index (κ1) is 51.3. The first-order chi connectivity index (χ1) is 35.3. The maximum atomic E-state index is 14.3. The second kappa shape index (κ2) is 24.4. The van der Waals surface area contributed by atoms with Gasteiger partial charge in [-0.2, -0.15) is 0 Å². The van der Waals surface area contributed by atoms with E-state index in [4.69, 9.17) is 27.9 Å². The zero-order valence-electron chi connectivity index (χ0n) is 40.7. The Morgan fingerprint density at radius 2 is 1.07 bits per heavy atom. The van der Waals surface area contributed by atoms with Gasteiger partial charge in [-0.15, -0.1) is 23.5 Å². The molecule has 1 unspecified atom stereocenters. The summed E-state index contributed by atoms with van der Waals surface area (Å²) in [6.07, 6.45) is 3.41. The van der Waals surface area contributed by atoms with E-state index in [0.29, 0.717) is 41.0 Å². The Balaban J connectivity index is 0.946. The van der Waals surface area contributed by atoms with Crippen LogP contribution < -0.4 is 5.32 Å². The van der Waals surface area contributed by atoms with E-state index in [0.717, 1.165) is 49.1 Å². The van der Waals surface area contributed by atoms with Crippen molar-refractivity contribution in [1.29, 1.82) is 0 Å². The van der Waals surface area contributed by atoms with Crippen LogP contribution in [-0.2, 0) is 23.8 Å². The van der Waals surface area contributed by atoms with Gasteiger partial charge in [0.1, 0.15) is 0 Å². The lowest BCUT2D eigenvalue weighted by Gasteiger charge is -2.38. The Morgan fingerprint density at radius 3 is 1.51 bits per heavy atom. The Labute approximate surface area is 444 Å². The summed E-state index contributed by atoms with van der Waals surface area (Å²) in [7, 11) is 1.46. The Kier molecular flexibility index (Phi) is 17.4. The summed E-state index contributed by atoms with van der Waals surface area (Å²) < 4.78 is 4.48. The van der Waals surface area contributed by atoms with Gasteiger partial charge in [0.05, 0.1) is 38.8 Å². The minimum atomic E-state index is -0.479. The van der Waals surface area contributed by atoms with E-state index in [1.54, 1.807) is 6.07 Å². The monoisotopic (exact) mass is 1030 g/mol. The number of ether oxygens (including phenoxy) is 1. The number of amides is 1. The summed E-state index contributed by atoms with van der Waals surface area (Å²) in [4.78, 5) is 32.7. The van der Waals surface area contributed by atoms with Gasteiger partial charge in [-0.1, -0.05) is 211 Å². The molecule has 10 heteroatoms. The molecule has 7 aromatic carbocycles. The summed E-state index contributed by atoms with van der Waals surface area (Å²) in [5, 5.41) is 4.30. The molecule has 1 fully saturated rings. The number of carbonyl (C=O) groups is 2. The van der Waals surface area contributed by atoms with E-state index < -0.39 is 9.49 Å². The quantitative estimate of drug-likeness (QED) is 0.0412. The Hall–Kier alpha value is -5.58. The molecule has 2 bridgehead atoms. The van der Waals surface area contributed by atoms with Crippen LogP contribution in [0.2, 0.25) is 10.0 Å². The lowest BCUT2D eigenvalue weighted by Crippen LogP contribution is -2.45. The molecule has 1 saturated heterocycles. The Morgan fingerprint density at radius 1 is 0.611 bits per heavy atom. The number of nitrogens with one attached hydrogen (secondary N) is 1. The lowest BCUT2D eigenvalue weighted by molar-refractivity contribution is -0.137. The molecule has 0 radical (unpaired) electrons. The summed E-state index contributed by atoms with van der Waals surface area (Å²) >= 11 is 16.6. The van der Waals surface area contributed by atoms with E-state index in [1.165, 1.54) is 40.5 Å². The van der Waals surface area contributed by atoms with Crippen molar-refractivity contribution in [3.8, 4) is 0 Å². The van der Waals surface area contributed by atoms with Gasteiger partial charge < -0.3 is 10.1 Å². The van der Waals surface area contributed by atoms with Gasteiger partial charge in [-0.05, 0) is 88.9 Å². The standard InChI is InChI=1S/C62H61Cl2N3O3S2/c1-70-60(69)59-54(46-33-35-55(63)56(64)43-46)44-53-34-36-57(59)67(53)39-20-38-66(40-42-72-62(50-27-14-5-15-28-50,51-29-16-6-17-30-51)52-31-18-7-19-32-52)45-58(68)65-37-41-71-61(47-21-8-2-9-22-47,48-23-10-3-11-24-48)49-25-12-4-13-26-49/h2-19,21-33,35,43,53,57H,20,34,36-42,44-45H2,1H3,(H,65,68)/t53?,57-/m1/s1. The van der Waals surface area contributed by atoms with Gasteiger partial charge in [0.25, 0.3) is 0 Å². The fourth-order valence-corrected chi connectivity index (χ4v) is 14.2. The molecular formula is C62H61Cl2N3O3S2. The SMILES string of the molecule is COC(=O)C1=C(c2ccc(Cl)c(Cl)c2)CC2CC[C@H]1N2CCCN(CCSC(c1ccccc1)(c1ccccc1)c1ccccc1)CC(=O)NCCSC(c1ccccc1)(c1ccccc1)c1ccccc1. The third kappa shape index (κ3) is 11.3. The number of hydrogen-bond acceptors (Lipinski definition) is 7. The molecule has 2 aliphatic rings. The zero-order chi connectivity index (χ0) is 49.8. The van der Waals surface area contributed by atoms with Crippen molar-refractivity contribution in [2.24, 2.45) is 0 Å². The van der Waals surface area contributed by atoms with Crippen LogP contribution in [0.3, 0.4) is 0 Å². The number of methoxy groups -OCH3 is 1. The highest BCUT2D eigenvalue weighted by Crippen LogP contribution is 2.50. The van der Waals surface area contributed by atoms with Gasteiger partial charge in [-0.25, -0.2) is 4.79 Å². The van der Waals surface area contributed by atoms with Crippen molar-refractivity contribution < 1.29 is 14.3 Å². The molecule has 2 heterocycles. The molecule has 2 atom stereocenters. The fraction of sp³-hybridized carbons (Fsp3) is 0.258. The Bertz CT molecular complexity index is 2700. The van der Waals surface area contributed by atoms with Crippen molar-refractivity contribution in [3.63, 3.8) is 0 Å². The van der Waals surface area contributed by atoms with Gasteiger partial charge in [0, 0.05) is 43.2 Å². The maximum absolute atomic E-state index is 14.3. The van der Waals surface area contributed by atoms with Crippen LogP contribution in [0, 0.1) is 0 Å². The molecule has 0 spiro atoms. The maximum Gasteiger partial charge on any atom is 0.335 e. The summed E-state index contributed by atoms with van der Waals surface area (Å²) in [6, 6.07) is 70.2. The molecule has 72 heavy (non-hydrogen) atoms. The average Bonchev–Trinajstić information content (AvgIpc) is 3.71. The van der Waals surface area contributed by atoms with Crippen LogP contribution in [0.4, 0.5) is 0 Å². The summed E-state index contributed by atoms with van der Waals surface area (Å²) in [6.45, 7) is 2.98. The van der Waals surface area contributed by atoms with Crippen LogP contribution in [0.5, 0.6) is 0 Å². The van der Waals surface area contributed by atoms with E-state index in [9.17, 15) is 9.59 Å². The number of halogens is 2. The molecule has 368 valence electrons. The van der Waals surface area contributed by atoms with Crippen molar-refractivity contribution in [1.82, 2.24) is 15.1 Å². The first-order valence-corrected chi connectivity index (χ1v) is 27.7. The minimum absolute atomic E-state index is 0.00555. The number of thioether (sulfide) groups is 2. The normalized spacial score (nSPS) is 15.9. The molecule has 7 aromatic rings. The molecule has 2 aliphatic heterocycles. The van der Waals surface area contributed by atoms with Crippen molar-refractivity contribution in [2.75, 3.05) is 51.3 Å². The molecule has 0 aliphatic carbocycles. The minimum Gasteiger partial charge on any atom is -0.466 e. The second-order valence-corrected chi connectivity index (χ2v) is 21.9. The number of hydrogen-bond donors (Lipinski definition) is 1. The van der Waals surface area contributed by atoms with Crippen LogP contribution in [0.15, 0.2) is 206 Å². The van der Waals surface area contributed by atoms with Crippen molar-refractivity contribution in [2.45, 2.75) is 47.3 Å². The largest absolute Gasteiger partial charge is 0.466 e. The number of carbonyl (C=O) groups excluding carboxylic acids is 2. The molecule has 6 nitrogen and oxygen atoms in total. The molecule has 1 amide bonds. The number of fused-ring (bicyclic) bond motifs is 2. The molecule has 0 aromatic heterocycles. The smallest absolute Gasteiger partial charge is 0.335 e. The third-order valence-corrected chi connectivity index (χ3v) is 18.0. The van der Waals surface area contributed by atoms with E-state index >= 15 is 0 Å². The van der Waals surface area contributed by atoms with Crippen LogP contribution >= 0.6 is 46.7 Å². The lowest BCUT2D eigenvalue weighted by atomic mass is 9.84. The summed E-state index contributed by atoms with van der Waals surface area (Å²) in [5.74, 6) is 1.18. The van der Waals surface area contributed by atoms with Crippen LogP contribution in [-0.4, -0.2) is 85.1 Å². The molecule has 9 rings (SSSR count). The van der Waals surface area contributed by atoms with Crippen molar-refractivity contribution in [3.05, 3.63) is 255 Å². The molecule has 0 saturated carbocycles. The van der Waals surface area contributed by atoms with Crippen LogP contribution in [0.1, 0.15) is 64.6 Å². The number of rotatable bonds is 22. The second-order valence-electron chi connectivity index (χ2n) is 18.4. The van der Waals surface area contributed by atoms with E-state index in [-0.39, 0.29) is 30.5 Å². The zero-order valence-corrected chi connectivity index (χ0v) is 43.8. The molecule has 1 N–H and O–H groups in total. The van der Waals surface area contributed by atoms with Gasteiger partial charge in [-0.3, -0.25) is 14.6 Å². The summed E-state index contributed by atoms with van der Waals surface area (Å²) in [5.41, 5.74) is 9.84. The van der Waals surface area contributed by atoms with Gasteiger partial charge >= 0.3 is 5.97 Å². The number of benzene rings is 7. The third-order valence-electron chi connectivity index (χ3n) is 14.2. The van der Waals surface area contributed by atoms with E-state index in [1.807, 2.05) is 35.7 Å². The van der Waals surface area contributed by atoms with Gasteiger partial charge in [0.15, 0.2) is 0 Å². The highest BCUT2D eigenvalue weighted by Gasteiger charge is 2.44. The first-order valence-electron chi connectivity index (χ1n) is 24.9. The fourth-order valence-electron chi connectivity index (χ4n) is 10.9. The van der Waals surface area contributed by atoms with E-state index in [2.05, 4.69) is 197 Å². The van der Waals surface area contributed by atoms with Crippen LogP contribution in [0.25, 0.3) is 5.57 Å². The highest BCUT2D eigenvalue weighted by atomic mass is 35.5. The average molecular weight is 1030 g/mol. The van der Waals surface area contributed by atoms with Crippen molar-refractivity contribution >= 4 is 64.2 Å². The number of nitrogens with zero attached hydrogens (tertiary/aromatic N) is 2. The predicted molar refractivity (Wildman–Crippen MR) is 301 cm³/mol. The number of esters is 1.